The fourth-order valence-electron chi connectivity index (χ4n) is 4.28. The number of benzene rings is 1. The highest BCUT2D eigenvalue weighted by atomic mass is 35.5. The molecule has 1 aromatic carbocycles. The number of aliphatic hydroxyl groups excluding tert-OH is 1. The minimum absolute atomic E-state index is 0.134. The number of aromatic nitrogens is 1. The molecular weight excluding hydrogens is 420 g/mol. The molecule has 0 spiro atoms. The van der Waals surface area contributed by atoms with Crippen molar-refractivity contribution < 1.29 is 19.4 Å². The molecule has 31 heavy (non-hydrogen) atoms. The van der Waals surface area contributed by atoms with Crippen LogP contribution in [-0.2, 0) is 14.3 Å². The van der Waals surface area contributed by atoms with Gasteiger partial charge in [-0.1, -0.05) is 11.6 Å². The molecule has 2 N–H and O–H groups in total. The van der Waals surface area contributed by atoms with Crippen LogP contribution in [0.4, 0.5) is 11.5 Å². The van der Waals surface area contributed by atoms with Crippen LogP contribution in [0.5, 0.6) is 0 Å². The summed E-state index contributed by atoms with van der Waals surface area (Å²) in [5.41, 5.74) is 0.631. The third kappa shape index (κ3) is 4.63. The number of carbonyl (C=O) groups excluding carboxylic acids is 1. The number of nitrogens with one attached hydrogen (secondary N) is 1. The Morgan fingerprint density at radius 3 is 2.77 bits per heavy atom. The molecule has 2 saturated heterocycles. The van der Waals surface area contributed by atoms with Gasteiger partial charge in [0.05, 0.1) is 48.6 Å². The van der Waals surface area contributed by atoms with Crippen LogP contribution in [0.3, 0.4) is 0 Å². The summed E-state index contributed by atoms with van der Waals surface area (Å²) in [6, 6.07) is 5.83. The molecule has 2 aliphatic heterocycles. The van der Waals surface area contributed by atoms with Gasteiger partial charge in [0.2, 0.25) is 5.91 Å². The molecule has 4 rings (SSSR count). The van der Waals surface area contributed by atoms with Gasteiger partial charge in [0.25, 0.3) is 0 Å². The first-order valence-corrected chi connectivity index (χ1v) is 10.9. The van der Waals surface area contributed by atoms with E-state index in [0.717, 1.165) is 42.6 Å². The first-order chi connectivity index (χ1) is 14.9. The second kappa shape index (κ2) is 9.26. The Labute approximate surface area is 187 Å². The van der Waals surface area contributed by atoms with Gasteiger partial charge in [0.1, 0.15) is 5.82 Å². The minimum Gasteiger partial charge on any atom is -0.389 e. The number of hydrogen-bond donors (Lipinski definition) is 2. The highest BCUT2D eigenvalue weighted by Crippen LogP contribution is 2.34. The van der Waals surface area contributed by atoms with Crippen molar-refractivity contribution in [1.82, 2.24) is 9.88 Å². The zero-order chi connectivity index (χ0) is 22.0. The summed E-state index contributed by atoms with van der Waals surface area (Å²) in [7, 11) is 1.57. The number of hydrogen-bond acceptors (Lipinski definition) is 7. The number of ether oxygens (including phenoxy) is 2. The van der Waals surface area contributed by atoms with Crippen molar-refractivity contribution in [1.29, 1.82) is 0 Å². The van der Waals surface area contributed by atoms with E-state index in [0.29, 0.717) is 30.7 Å². The number of halogens is 1. The van der Waals surface area contributed by atoms with E-state index >= 15 is 0 Å². The van der Waals surface area contributed by atoms with Crippen molar-refractivity contribution in [3.05, 3.63) is 29.4 Å². The summed E-state index contributed by atoms with van der Waals surface area (Å²) in [4.78, 5) is 20.9. The van der Waals surface area contributed by atoms with Crippen LogP contribution in [0.1, 0.15) is 13.3 Å². The number of methoxy groups -OCH3 is 1. The molecule has 2 aromatic rings. The molecule has 0 radical (unpaired) electrons. The Kier molecular flexibility index (Phi) is 6.64. The highest BCUT2D eigenvalue weighted by molar-refractivity contribution is 6.34. The lowest BCUT2D eigenvalue weighted by molar-refractivity contribution is -0.117. The lowest BCUT2D eigenvalue weighted by Gasteiger charge is -2.45. The molecule has 1 aromatic heterocycles. The normalized spacial score (nSPS) is 24.6. The lowest BCUT2D eigenvalue weighted by Crippen LogP contribution is -2.60. The van der Waals surface area contributed by atoms with Crippen LogP contribution >= 0.6 is 11.6 Å². The Morgan fingerprint density at radius 2 is 2.10 bits per heavy atom. The molecule has 2 aliphatic rings. The van der Waals surface area contributed by atoms with Gasteiger partial charge in [-0.15, -0.1) is 0 Å². The van der Waals surface area contributed by atoms with E-state index in [1.54, 1.807) is 13.3 Å². The van der Waals surface area contributed by atoms with E-state index < -0.39 is 6.10 Å². The molecule has 1 amide bonds. The van der Waals surface area contributed by atoms with Crippen molar-refractivity contribution in [3.8, 4) is 0 Å². The fraction of sp³-hybridized carbons (Fsp3) is 0.545. The van der Waals surface area contributed by atoms with Crippen LogP contribution in [0.15, 0.2) is 24.4 Å². The van der Waals surface area contributed by atoms with E-state index in [1.165, 1.54) is 0 Å². The van der Waals surface area contributed by atoms with E-state index in [1.807, 2.05) is 12.1 Å². The monoisotopic (exact) mass is 448 g/mol. The zero-order valence-electron chi connectivity index (χ0n) is 17.9. The first kappa shape index (κ1) is 22.2. The van der Waals surface area contributed by atoms with Gasteiger partial charge in [-0.3, -0.25) is 9.69 Å². The molecule has 8 nitrogen and oxygen atoms in total. The van der Waals surface area contributed by atoms with Gasteiger partial charge in [0.15, 0.2) is 0 Å². The average Bonchev–Trinajstić information content (AvgIpc) is 3.11. The molecule has 2 fully saturated rings. The molecule has 2 atom stereocenters. The van der Waals surface area contributed by atoms with Gasteiger partial charge < -0.3 is 24.8 Å². The second-order valence-corrected chi connectivity index (χ2v) is 8.78. The predicted octanol–water partition coefficient (Wildman–Crippen LogP) is 2.13. The molecule has 3 heterocycles. The third-order valence-electron chi connectivity index (χ3n) is 6.32. The quantitative estimate of drug-likeness (QED) is 0.700. The van der Waals surface area contributed by atoms with Crippen molar-refractivity contribution in [2.24, 2.45) is 0 Å². The van der Waals surface area contributed by atoms with Crippen LogP contribution < -0.4 is 10.2 Å². The van der Waals surface area contributed by atoms with Crippen LogP contribution in [0.25, 0.3) is 10.8 Å². The number of amides is 1. The van der Waals surface area contributed by atoms with E-state index in [9.17, 15) is 9.90 Å². The van der Waals surface area contributed by atoms with E-state index in [-0.39, 0.29) is 17.9 Å². The minimum atomic E-state index is -0.465. The maximum absolute atomic E-state index is 12.0. The standard InChI is InChI=1S/C22H29ClN4O4/c1-22(14-31-13-19(22)28)27-6-4-26(5-7-27)18-10-15-11-20(25-21(29)3-8-30-2)24-12-16(15)9-17(18)23/h9-12,19,28H,3-8,13-14H2,1-2H3,(H,24,25,29)/t19-,22+/m0/s1. The highest BCUT2D eigenvalue weighted by Gasteiger charge is 2.44. The number of carbonyl (C=O) groups is 1. The molecular formula is C22H29ClN4O4. The number of fused-ring (bicyclic) bond motifs is 1. The second-order valence-electron chi connectivity index (χ2n) is 8.37. The van der Waals surface area contributed by atoms with Gasteiger partial charge in [0, 0.05) is 44.9 Å². The Hall–Kier alpha value is -1.97. The average molecular weight is 449 g/mol. The molecule has 168 valence electrons. The van der Waals surface area contributed by atoms with E-state index in [4.69, 9.17) is 21.1 Å². The summed E-state index contributed by atoms with van der Waals surface area (Å²) in [6.07, 6.45) is 1.54. The van der Waals surface area contributed by atoms with Gasteiger partial charge in [-0.05, 0) is 30.5 Å². The summed E-state index contributed by atoms with van der Waals surface area (Å²) in [5, 5.41) is 15.7. The SMILES string of the molecule is COCCC(=O)Nc1cc2cc(N3CCN([C@]4(C)COC[C@@H]4O)CC3)c(Cl)cc2cn1. The largest absolute Gasteiger partial charge is 0.389 e. The topological polar surface area (TPSA) is 87.2 Å². The maximum Gasteiger partial charge on any atom is 0.227 e. The van der Waals surface area contributed by atoms with E-state index in [2.05, 4.69) is 33.1 Å². The van der Waals surface area contributed by atoms with Crippen LogP contribution in [-0.4, -0.2) is 85.6 Å². The van der Waals surface area contributed by atoms with Gasteiger partial charge >= 0.3 is 0 Å². The summed E-state index contributed by atoms with van der Waals surface area (Å²) < 4.78 is 10.4. The Bertz CT molecular complexity index is 950. The van der Waals surface area contributed by atoms with Crippen molar-refractivity contribution >= 4 is 39.8 Å². The fourth-order valence-corrected chi connectivity index (χ4v) is 4.57. The first-order valence-electron chi connectivity index (χ1n) is 10.5. The Morgan fingerprint density at radius 1 is 1.32 bits per heavy atom. The van der Waals surface area contributed by atoms with Crippen LogP contribution in [0.2, 0.25) is 5.02 Å². The maximum atomic E-state index is 12.0. The smallest absolute Gasteiger partial charge is 0.227 e. The molecule has 9 heteroatoms. The molecule has 0 unspecified atom stereocenters. The molecule has 0 bridgehead atoms. The van der Waals surface area contributed by atoms with Crippen molar-refractivity contribution in [2.75, 3.05) is 63.3 Å². The number of rotatable bonds is 6. The van der Waals surface area contributed by atoms with Gasteiger partial charge in [-0.25, -0.2) is 4.98 Å². The number of nitrogens with zero attached hydrogens (tertiary/aromatic N) is 3. The zero-order valence-corrected chi connectivity index (χ0v) is 18.7. The van der Waals surface area contributed by atoms with Gasteiger partial charge in [-0.2, -0.15) is 0 Å². The number of pyridine rings is 1. The summed E-state index contributed by atoms with van der Waals surface area (Å²) in [6.45, 7) is 6.64. The summed E-state index contributed by atoms with van der Waals surface area (Å²) >= 11 is 6.61. The molecule has 0 saturated carbocycles. The Balaban J connectivity index is 1.48. The number of aliphatic hydroxyl groups is 1. The number of anilines is 2. The lowest BCUT2D eigenvalue weighted by atomic mass is 9.95. The third-order valence-corrected chi connectivity index (χ3v) is 6.62. The number of piperazine rings is 1. The van der Waals surface area contributed by atoms with Crippen molar-refractivity contribution in [2.45, 2.75) is 25.0 Å². The summed E-state index contributed by atoms with van der Waals surface area (Å²) in [5.74, 6) is 0.375. The van der Waals surface area contributed by atoms with Crippen molar-refractivity contribution in [3.63, 3.8) is 0 Å². The molecule has 0 aliphatic carbocycles. The van der Waals surface area contributed by atoms with Crippen LogP contribution in [0, 0.1) is 0 Å². The predicted molar refractivity (Wildman–Crippen MR) is 121 cm³/mol.